The molecule has 0 bridgehead atoms. The first-order valence-electron chi connectivity index (χ1n) is 7.74. The summed E-state index contributed by atoms with van der Waals surface area (Å²) in [6, 6.07) is 9.25. The highest BCUT2D eigenvalue weighted by molar-refractivity contribution is 6.35. The first-order chi connectivity index (χ1) is 11.6. The molecule has 2 heterocycles. The Kier molecular flexibility index (Phi) is 5.43. The third kappa shape index (κ3) is 4.30. The molecule has 1 aliphatic heterocycles. The van der Waals surface area contributed by atoms with Crippen LogP contribution in [0.1, 0.15) is 5.56 Å². The van der Waals surface area contributed by atoms with Gasteiger partial charge >= 0.3 is 6.03 Å². The molecule has 126 valence electrons. The zero-order valence-electron chi connectivity index (χ0n) is 13.1. The summed E-state index contributed by atoms with van der Waals surface area (Å²) in [5.74, 6) is 0. The van der Waals surface area contributed by atoms with Crippen molar-refractivity contribution in [3.63, 3.8) is 0 Å². The summed E-state index contributed by atoms with van der Waals surface area (Å²) in [6.45, 7) is 3.29. The van der Waals surface area contributed by atoms with E-state index in [2.05, 4.69) is 15.2 Å². The lowest BCUT2D eigenvalue weighted by atomic mass is 10.2. The lowest BCUT2D eigenvalue weighted by Gasteiger charge is -2.36. The first-order valence-corrected chi connectivity index (χ1v) is 8.50. The number of hydrogen-bond acceptors (Lipinski definition) is 3. The number of nitrogens with zero attached hydrogens (tertiary/aromatic N) is 3. The van der Waals surface area contributed by atoms with Gasteiger partial charge in [-0.3, -0.25) is 4.98 Å². The Morgan fingerprint density at radius 2 is 1.83 bits per heavy atom. The van der Waals surface area contributed by atoms with E-state index in [1.54, 1.807) is 18.5 Å². The fraction of sp³-hybridized carbons (Fsp3) is 0.294. The van der Waals surface area contributed by atoms with E-state index in [4.69, 9.17) is 23.2 Å². The van der Waals surface area contributed by atoms with Crippen LogP contribution in [0.25, 0.3) is 0 Å². The molecule has 2 amide bonds. The van der Waals surface area contributed by atoms with Crippen LogP contribution >= 0.6 is 23.2 Å². The van der Waals surface area contributed by atoms with Gasteiger partial charge in [-0.25, -0.2) is 4.79 Å². The lowest BCUT2D eigenvalue weighted by Crippen LogP contribution is -2.51. The maximum atomic E-state index is 12.3. The van der Waals surface area contributed by atoms with E-state index in [9.17, 15) is 4.79 Å². The predicted octanol–water partition coefficient (Wildman–Crippen LogP) is 3.42. The van der Waals surface area contributed by atoms with Crippen LogP contribution < -0.4 is 10.2 Å². The quantitative estimate of drug-likeness (QED) is 0.907. The molecule has 0 atom stereocenters. The van der Waals surface area contributed by atoms with Crippen LogP contribution in [-0.4, -0.2) is 42.1 Å². The van der Waals surface area contributed by atoms with Gasteiger partial charge in [0.2, 0.25) is 0 Å². The fourth-order valence-corrected chi connectivity index (χ4v) is 3.20. The molecule has 0 saturated carbocycles. The molecule has 24 heavy (non-hydrogen) atoms. The number of aromatic nitrogens is 1. The van der Waals surface area contributed by atoms with Crippen molar-refractivity contribution in [2.75, 3.05) is 31.1 Å². The van der Waals surface area contributed by atoms with Crippen molar-refractivity contribution in [1.82, 2.24) is 15.2 Å². The molecule has 0 radical (unpaired) electrons. The van der Waals surface area contributed by atoms with Gasteiger partial charge < -0.3 is 15.1 Å². The minimum atomic E-state index is -0.0531. The van der Waals surface area contributed by atoms with Gasteiger partial charge in [0.15, 0.2) is 0 Å². The Morgan fingerprint density at radius 1 is 1.12 bits per heavy atom. The van der Waals surface area contributed by atoms with E-state index in [1.807, 2.05) is 29.2 Å². The lowest BCUT2D eigenvalue weighted by molar-refractivity contribution is 0.194. The second-order valence-electron chi connectivity index (χ2n) is 5.62. The maximum Gasteiger partial charge on any atom is 0.317 e. The summed E-state index contributed by atoms with van der Waals surface area (Å²) in [5, 5.41) is 4.17. The Hall–Kier alpha value is -1.98. The summed E-state index contributed by atoms with van der Waals surface area (Å²) in [6.07, 6.45) is 3.47. The number of benzene rings is 1. The number of urea groups is 1. The third-order valence-corrected chi connectivity index (χ3v) is 4.38. The minimum absolute atomic E-state index is 0.0531. The minimum Gasteiger partial charge on any atom is -0.368 e. The van der Waals surface area contributed by atoms with E-state index in [-0.39, 0.29) is 6.03 Å². The van der Waals surface area contributed by atoms with Crippen molar-refractivity contribution in [3.05, 3.63) is 58.3 Å². The number of halogens is 2. The maximum absolute atomic E-state index is 12.3. The summed E-state index contributed by atoms with van der Waals surface area (Å²) in [5.41, 5.74) is 1.97. The molecular formula is C17H18Cl2N4O. The van der Waals surface area contributed by atoms with Gasteiger partial charge in [0.05, 0.1) is 0 Å². The predicted molar refractivity (Wildman–Crippen MR) is 96.7 cm³/mol. The number of rotatable bonds is 3. The van der Waals surface area contributed by atoms with Crippen LogP contribution in [0.2, 0.25) is 10.0 Å². The third-order valence-electron chi connectivity index (χ3n) is 3.95. The van der Waals surface area contributed by atoms with Gasteiger partial charge in [0.25, 0.3) is 0 Å². The topological polar surface area (TPSA) is 48.5 Å². The Morgan fingerprint density at radius 3 is 2.46 bits per heavy atom. The van der Waals surface area contributed by atoms with E-state index in [0.717, 1.165) is 24.3 Å². The van der Waals surface area contributed by atoms with Gasteiger partial charge in [-0.05, 0) is 29.8 Å². The molecule has 1 aliphatic rings. The van der Waals surface area contributed by atoms with Gasteiger partial charge in [0.1, 0.15) is 0 Å². The zero-order valence-corrected chi connectivity index (χ0v) is 14.6. The van der Waals surface area contributed by atoms with Crippen molar-refractivity contribution in [1.29, 1.82) is 0 Å². The standard InChI is InChI=1S/C17H18Cl2N4O/c18-14-8-15(19)10-16(9-14)22-4-6-23(7-5-22)17(24)21-12-13-2-1-3-20-11-13/h1-3,8-11H,4-7,12H2,(H,21,24). The Balaban J connectivity index is 1.52. The fourth-order valence-electron chi connectivity index (χ4n) is 2.68. The van der Waals surface area contributed by atoms with Crippen molar-refractivity contribution < 1.29 is 4.79 Å². The van der Waals surface area contributed by atoms with Crippen LogP contribution in [0.5, 0.6) is 0 Å². The van der Waals surface area contributed by atoms with Crippen molar-refractivity contribution in [2.24, 2.45) is 0 Å². The second kappa shape index (κ2) is 7.73. The summed E-state index contributed by atoms with van der Waals surface area (Å²) in [4.78, 5) is 20.3. The van der Waals surface area contributed by atoms with Crippen LogP contribution in [0.15, 0.2) is 42.7 Å². The summed E-state index contributed by atoms with van der Waals surface area (Å²) in [7, 11) is 0. The molecule has 1 aromatic heterocycles. The highest BCUT2D eigenvalue weighted by Gasteiger charge is 2.21. The molecule has 1 saturated heterocycles. The zero-order chi connectivity index (χ0) is 16.9. The molecule has 1 N–H and O–H groups in total. The van der Waals surface area contributed by atoms with Gasteiger partial charge in [0, 0.05) is 60.9 Å². The van der Waals surface area contributed by atoms with Crippen LogP contribution in [0.3, 0.4) is 0 Å². The molecule has 0 aliphatic carbocycles. The smallest absolute Gasteiger partial charge is 0.317 e. The normalized spacial score (nSPS) is 14.6. The number of amides is 2. The first kappa shape index (κ1) is 16.9. The number of nitrogens with one attached hydrogen (secondary N) is 1. The highest BCUT2D eigenvalue weighted by atomic mass is 35.5. The molecule has 3 rings (SSSR count). The van der Waals surface area contributed by atoms with Crippen molar-refractivity contribution >= 4 is 34.9 Å². The Labute approximate surface area is 151 Å². The van der Waals surface area contributed by atoms with Crippen molar-refractivity contribution in [2.45, 2.75) is 6.54 Å². The number of carbonyl (C=O) groups is 1. The molecule has 0 spiro atoms. The van der Waals surface area contributed by atoms with E-state index >= 15 is 0 Å². The molecule has 1 aromatic carbocycles. The molecule has 1 fully saturated rings. The number of hydrogen-bond donors (Lipinski definition) is 1. The summed E-state index contributed by atoms with van der Waals surface area (Å²) >= 11 is 12.1. The van der Waals surface area contributed by atoms with Crippen molar-refractivity contribution in [3.8, 4) is 0 Å². The van der Waals surface area contributed by atoms with Crippen LogP contribution in [-0.2, 0) is 6.54 Å². The van der Waals surface area contributed by atoms with Gasteiger partial charge in [-0.15, -0.1) is 0 Å². The SMILES string of the molecule is O=C(NCc1cccnc1)N1CCN(c2cc(Cl)cc(Cl)c2)CC1. The van der Waals surface area contributed by atoms with E-state index in [1.165, 1.54) is 0 Å². The number of piperazine rings is 1. The van der Waals surface area contributed by atoms with Crippen LogP contribution in [0.4, 0.5) is 10.5 Å². The largest absolute Gasteiger partial charge is 0.368 e. The molecular weight excluding hydrogens is 347 g/mol. The average molecular weight is 365 g/mol. The number of pyridine rings is 1. The van der Waals surface area contributed by atoms with Crippen LogP contribution in [0, 0.1) is 0 Å². The summed E-state index contributed by atoms with van der Waals surface area (Å²) < 4.78 is 0. The second-order valence-corrected chi connectivity index (χ2v) is 6.49. The van der Waals surface area contributed by atoms with E-state index in [0.29, 0.717) is 29.7 Å². The van der Waals surface area contributed by atoms with Gasteiger partial charge in [-0.1, -0.05) is 29.3 Å². The van der Waals surface area contributed by atoms with E-state index < -0.39 is 0 Å². The van der Waals surface area contributed by atoms with Gasteiger partial charge in [-0.2, -0.15) is 0 Å². The number of carbonyl (C=O) groups excluding carboxylic acids is 1. The molecule has 5 nitrogen and oxygen atoms in total. The average Bonchev–Trinajstić information content (AvgIpc) is 2.60. The number of anilines is 1. The Bertz CT molecular complexity index is 683. The molecule has 7 heteroatoms. The molecule has 0 unspecified atom stereocenters. The highest BCUT2D eigenvalue weighted by Crippen LogP contribution is 2.26. The molecule has 2 aromatic rings. The monoisotopic (exact) mass is 364 g/mol.